The molecule has 0 spiro atoms. The van der Waals surface area contributed by atoms with Gasteiger partial charge in [0.2, 0.25) is 6.41 Å². The fraction of sp³-hybridized carbons (Fsp3) is 0.364. The molecule has 0 saturated heterocycles. The fourth-order valence-electron chi connectivity index (χ4n) is 1.83. The van der Waals surface area contributed by atoms with Crippen LogP contribution < -0.4 is 9.47 Å². The van der Waals surface area contributed by atoms with Gasteiger partial charge in [0.15, 0.2) is 11.5 Å². The number of hydrogen-bond donors (Lipinski definition) is 0. The highest BCUT2D eigenvalue weighted by Crippen LogP contribution is 2.34. The van der Waals surface area contributed by atoms with Crippen molar-refractivity contribution in [3.8, 4) is 11.5 Å². The van der Waals surface area contributed by atoms with E-state index in [0.717, 1.165) is 17.5 Å². The number of amides is 1. The Kier molecular flexibility index (Phi) is 2.49. The zero-order chi connectivity index (χ0) is 10.8. The van der Waals surface area contributed by atoms with Crippen molar-refractivity contribution in [1.29, 1.82) is 0 Å². The van der Waals surface area contributed by atoms with E-state index in [1.165, 1.54) is 0 Å². The van der Waals surface area contributed by atoms with Crippen LogP contribution in [0, 0.1) is 0 Å². The third kappa shape index (κ3) is 1.63. The molecule has 4 heteroatoms. The van der Waals surface area contributed by atoms with E-state index in [-0.39, 0.29) is 0 Å². The third-order valence-corrected chi connectivity index (χ3v) is 2.60. The molecule has 0 atom stereocenters. The van der Waals surface area contributed by atoms with Gasteiger partial charge >= 0.3 is 0 Å². The average molecular weight is 207 g/mol. The largest absolute Gasteiger partial charge is 0.493 e. The minimum Gasteiger partial charge on any atom is -0.493 e. The van der Waals surface area contributed by atoms with Gasteiger partial charge in [0.05, 0.1) is 14.2 Å². The average Bonchev–Trinajstić information content (AvgIpc) is 2.68. The summed E-state index contributed by atoms with van der Waals surface area (Å²) in [5.74, 6) is 1.42. The van der Waals surface area contributed by atoms with Crippen LogP contribution in [0.15, 0.2) is 12.1 Å². The first-order valence-electron chi connectivity index (χ1n) is 4.71. The molecule has 0 aliphatic carbocycles. The van der Waals surface area contributed by atoms with Gasteiger partial charge < -0.3 is 14.4 Å². The van der Waals surface area contributed by atoms with Gasteiger partial charge in [-0.15, -0.1) is 0 Å². The number of nitrogens with zero attached hydrogens (tertiary/aromatic N) is 1. The van der Waals surface area contributed by atoms with Gasteiger partial charge in [0.1, 0.15) is 0 Å². The highest BCUT2D eigenvalue weighted by molar-refractivity contribution is 5.54. The van der Waals surface area contributed by atoms with Gasteiger partial charge in [-0.25, -0.2) is 0 Å². The van der Waals surface area contributed by atoms with Crippen molar-refractivity contribution >= 4 is 6.41 Å². The number of hydrogen-bond acceptors (Lipinski definition) is 3. The lowest BCUT2D eigenvalue weighted by molar-refractivity contribution is -0.118. The highest BCUT2D eigenvalue weighted by atomic mass is 16.5. The van der Waals surface area contributed by atoms with Crippen LogP contribution >= 0.6 is 0 Å². The molecular formula is C11H13NO3. The summed E-state index contributed by atoms with van der Waals surface area (Å²) in [7, 11) is 3.22. The molecule has 0 bridgehead atoms. The van der Waals surface area contributed by atoms with E-state index in [9.17, 15) is 4.79 Å². The van der Waals surface area contributed by atoms with Crippen LogP contribution in [0.25, 0.3) is 0 Å². The molecule has 0 unspecified atom stereocenters. The molecule has 1 amide bonds. The number of benzene rings is 1. The van der Waals surface area contributed by atoms with E-state index in [1.807, 2.05) is 12.1 Å². The monoisotopic (exact) mass is 207 g/mol. The van der Waals surface area contributed by atoms with Crippen molar-refractivity contribution in [3.63, 3.8) is 0 Å². The Morgan fingerprint density at radius 1 is 1.13 bits per heavy atom. The predicted octanol–water partition coefficient (Wildman–Crippen LogP) is 1.18. The Labute approximate surface area is 88.4 Å². The van der Waals surface area contributed by atoms with Gasteiger partial charge in [-0.3, -0.25) is 4.79 Å². The SMILES string of the molecule is COc1cc2c(cc1OC)CN(C=O)C2. The van der Waals surface area contributed by atoms with E-state index in [4.69, 9.17) is 9.47 Å². The topological polar surface area (TPSA) is 38.8 Å². The second-order valence-electron chi connectivity index (χ2n) is 3.49. The van der Waals surface area contributed by atoms with Crippen LogP contribution in [0.2, 0.25) is 0 Å². The molecule has 0 fully saturated rings. The molecule has 2 rings (SSSR count). The first kappa shape index (κ1) is 9.83. The first-order valence-corrected chi connectivity index (χ1v) is 4.71. The van der Waals surface area contributed by atoms with Crippen LogP contribution in [-0.2, 0) is 17.9 Å². The van der Waals surface area contributed by atoms with Gasteiger partial charge in [-0.1, -0.05) is 0 Å². The molecule has 4 nitrogen and oxygen atoms in total. The van der Waals surface area contributed by atoms with E-state index in [2.05, 4.69) is 0 Å². The second-order valence-corrected chi connectivity index (χ2v) is 3.49. The molecule has 1 heterocycles. The summed E-state index contributed by atoms with van der Waals surface area (Å²) >= 11 is 0. The van der Waals surface area contributed by atoms with Gasteiger partial charge in [-0.2, -0.15) is 0 Å². The van der Waals surface area contributed by atoms with Crippen molar-refractivity contribution in [2.45, 2.75) is 13.1 Å². The lowest BCUT2D eigenvalue weighted by Gasteiger charge is -2.08. The lowest BCUT2D eigenvalue weighted by Crippen LogP contribution is -2.12. The molecule has 0 N–H and O–H groups in total. The molecule has 15 heavy (non-hydrogen) atoms. The summed E-state index contributed by atoms with van der Waals surface area (Å²) in [6.45, 7) is 1.30. The second kappa shape index (κ2) is 3.81. The van der Waals surface area contributed by atoms with Crippen LogP contribution in [0.5, 0.6) is 11.5 Å². The zero-order valence-electron chi connectivity index (χ0n) is 8.82. The molecule has 80 valence electrons. The Hall–Kier alpha value is -1.71. The van der Waals surface area contributed by atoms with Crippen molar-refractivity contribution in [3.05, 3.63) is 23.3 Å². The van der Waals surface area contributed by atoms with Crippen LogP contribution in [0.1, 0.15) is 11.1 Å². The Bertz CT molecular complexity index is 357. The lowest BCUT2D eigenvalue weighted by atomic mass is 10.1. The third-order valence-electron chi connectivity index (χ3n) is 2.60. The fourth-order valence-corrected chi connectivity index (χ4v) is 1.83. The quantitative estimate of drug-likeness (QED) is 0.698. The van der Waals surface area contributed by atoms with E-state index >= 15 is 0 Å². The maximum Gasteiger partial charge on any atom is 0.210 e. The van der Waals surface area contributed by atoms with Gasteiger partial charge in [0, 0.05) is 13.1 Å². The van der Waals surface area contributed by atoms with Crippen molar-refractivity contribution in [2.75, 3.05) is 14.2 Å². The minimum atomic E-state index is 0.652. The minimum absolute atomic E-state index is 0.652. The Morgan fingerprint density at radius 2 is 1.60 bits per heavy atom. The smallest absolute Gasteiger partial charge is 0.210 e. The number of ether oxygens (including phenoxy) is 2. The molecule has 0 aromatic heterocycles. The number of rotatable bonds is 3. The number of methoxy groups -OCH3 is 2. The van der Waals surface area contributed by atoms with Crippen molar-refractivity contribution in [1.82, 2.24) is 4.90 Å². The Balaban J connectivity index is 2.39. The number of fused-ring (bicyclic) bond motifs is 1. The van der Waals surface area contributed by atoms with E-state index < -0.39 is 0 Å². The standard InChI is InChI=1S/C11H13NO3/c1-14-10-3-8-5-12(7-13)6-9(8)4-11(10)15-2/h3-4,7H,5-6H2,1-2H3. The highest BCUT2D eigenvalue weighted by Gasteiger charge is 2.20. The van der Waals surface area contributed by atoms with Crippen LogP contribution in [0.3, 0.4) is 0 Å². The predicted molar refractivity (Wildman–Crippen MR) is 54.9 cm³/mol. The van der Waals surface area contributed by atoms with Gasteiger partial charge in [-0.05, 0) is 23.3 Å². The van der Waals surface area contributed by atoms with Crippen molar-refractivity contribution in [2.24, 2.45) is 0 Å². The first-order chi connectivity index (χ1) is 7.28. The normalized spacial score (nSPS) is 13.6. The summed E-state index contributed by atoms with van der Waals surface area (Å²) in [4.78, 5) is 12.4. The van der Waals surface area contributed by atoms with Crippen LogP contribution in [0.4, 0.5) is 0 Å². The summed E-state index contributed by atoms with van der Waals surface area (Å²) in [5.41, 5.74) is 2.25. The maximum absolute atomic E-state index is 10.6. The van der Waals surface area contributed by atoms with E-state index in [0.29, 0.717) is 24.6 Å². The number of carbonyl (C=O) groups excluding carboxylic acids is 1. The molecule has 1 aromatic carbocycles. The van der Waals surface area contributed by atoms with Crippen LogP contribution in [-0.4, -0.2) is 25.5 Å². The molecular weight excluding hydrogens is 194 g/mol. The molecule has 0 radical (unpaired) electrons. The Morgan fingerprint density at radius 3 is 1.93 bits per heavy atom. The van der Waals surface area contributed by atoms with Crippen molar-refractivity contribution < 1.29 is 14.3 Å². The summed E-state index contributed by atoms with van der Waals surface area (Å²) < 4.78 is 10.4. The molecule has 1 aliphatic heterocycles. The molecule has 0 saturated carbocycles. The van der Waals surface area contributed by atoms with E-state index in [1.54, 1.807) is 19.1 Å². The number of carbonyl (C=O) groups is 1. The zero-order valence-corrected chi connectivity index (χ0v) is 8.82. The van der Waals surface area contributed by atoms with Gasteiger partial charge in [0.25, 0.3) is 0 Å². The molecule has 1 aliphatic rings. The summed E-state index contributed by atoms with van der Waals surface area (Å²) in [5, 5.41) is 0. The molecule has 1 aromatic rings. The summed E-state index contributed by atoms with van der Waals surface area (Å²) in [6.07, 6.45) is 0.860. The maximum atomic E-state index is 10.6. The summed E-state index contributed by atoms with van der Waals surface area (Å²) in [6, 6.07) is 3.86.